The SMILES string of the molecule is CCC(NC1CCN(C(C)(C)C)CC1)c1cccc(Cl)c1. The van der Waals surface area contributed by atoms with E-state index in [0.717, 1.165) is 11.4 Å². The molecule has 1 aromatic rings. The molecule has 1 aromatic carbocycles. The van der Waals surface area contributed by atoms with Crippen LogP contribution < -0.4 is 5.32 Å². The molecule has 1 fully saturated rings. The molecule has 1 saturated heterocycles. The number of hydrogen-bond acceptors (Lipinski definition) is 2. The van der Waals surface area contributed by atoms with Gasteiger partial charge >= 0.3 is 0 Å². The number of rotatable bonds is 4. The Balaban J connectivity index is 1.92. The maximum absolute atomic E-state index is 6.12. The van der Waals surface area contributed by atoms with Gasteiger partial charge in [-0.1, -0.05) is 30.7 Å². The van der Waals surface area contributed by atoms with Crippen LogP contribution in [0.5, 0.6) is 0 Å². The van der Waals surface area contributed by atoms with E-state index in [4.69, 9.17) is 11.6 Å². The standard InChI is InChI=1S/C18H29ClN2/c1-5-17(14-7-6-8-15(19)13-14)20-16-9-11-21(12-10-16)18(2,3)4/h6-8,13,16-17,20H,5,9-12H2,1-4H3. The quantitative estimate of drug-likeness (QED) is 0.871. The number of nitrogens with zero attached hydrogens (tertiary/aromatic N) is 1. The molecule has 21 heavy (non-hydrogen) atoms. The van der Waals surface area contributed by atoms with Crippen LogP contribution >= 0.6 is 11.6 Å². The minimum absolute atomic E-state index is 0.294. The van der Waals surface area contributed by atoms with E-state index in [9.17, 15) is 0 Å². The minimum Gasteiger partial charge on any atom is -0.307 e. The van der Waals surface area contributed by atoms with Crippen LogP contribution in [-0.4, -0.2) is 29.6 Å². The largest absolute Gasteiger partial charge is 0.307 e. The zero-order valence-corrected chi connectivity index (χ0v) is 14.6. The fraction of sp³-hybridized carbons (Fsp3) is 0.667. The van der Waals surface area contributed by atoms with E-state index in [2.05, 4.69) is 50.0 Å². The van der Waals surface area contributed by atoms with Gasteiger partial charge < -0.3 is 5.32 Å². The Morgan fingerprint density at radius 3 is 2.48 bits per heavy atom. The molecule has 1 aliphatic rings. The molecule has 1 atom stereocenters. The minimum atomic E-state index is 0.294. The van der Waals surface area contributed by atoms with E-state index in [1.165, 1.54) is 31.5 Å². The summed E-state index contributed by atoms with van der Waals surface area (Å²) >= 11 is 6.12. The number of nitrogens with one attached hydrogen (secondary N) is 1. The molecule has 0 aliphatic carbocycles. The second-order valence-corrected chi connectivity index (χ2v) is 7.55. The second-order valence-electron chi connectivity index (χ2n) is 7.11. The van der Waals surface area contributed by atoms with Gasteiger partial charge in [0.1, 0.15) is 0 Å². The number of halogens is 1. The normalized spacial score (nSPS) is 19.7. The topological polar surface area (TPSA) is 15.3 Å². The van der Waals surface area contributed by atoms with Gasteiger partial charge in [-0.15, -0.1) is 0 Å². The zero-order chi connectivity index (χ0) is 15.5. The summed E-state index contributed by atoms with van der Waals surface area (Å²) in [5.74, 6) is 0. The van der Waals surface area contributed by atoms with Gasteiger partial charge in [0.2, 0.25) is 0 Å². The Bertz CT molecular complexity index is 445. The van der Waals surface area contributed by atoms with Crippen molar-refractivity contribution in [3.8, 4) is 0 Å². The van der Waals surface area contributed by atoms with Gasteiger partial charge in [-0.3, -0.25) is 4.90 Å². The summed E-state index contributed by atoms with van der Waals surface area (Å²) in [6.07, 6.45) is 3.56. The molecule has 1 unspecified atom stereocenters. The average molecular weight is 309 g/mol. The van der Waals surface area contributed by atoms with E-state index >= 15 is 0 Å². The summed E-state index contributed by atoms with van der Waals surface area (Å²) in [7, 11) is 0. The molecule has 118 valence electrons. The second kappa shape index (κ2) is 7.13. The zero-order valence-electron chi connectivity index (χ0n) is 13.8. The first kappa shape index (κ1) is 16.8. The third kappa shape index (κ3) is 4.70. The third-order valence-electron chi connectivity index (χ3n) is 4.54. The summed E-state index contributed by atoms with van der Waals surface area (Å²) in [6.45, 7) is 11.5. The highest BCUT2D eigenvalue weighted by molar-refractivity contribution is 6.30. The van der Waals surface area contributed by atoms with Crippen molar-refractivity contribution in [2.45, 2.75) is 64.6 Å². The van der Waals surface area contributed by atoms with Crippen LogP contribution in [-0.2, 0) is 0 Å². The lowest BCUT2D eigenvalue weighted by atomic mass is 9.96. The van der Waals surface area contributed by atoms with Crippen molar-refractivity contribution in [3.05, 3.63) is 34.9 Å². The van der Waals surface area contributed by atoms with Crippen LogP contribution in [0.4, 0.5) is 0 Å². The summed E-state index contributed by atoms with van der Waals surface area (Å²) in [5.41, 5.74) is 1.60. The predicted octanol–water partition coefficient (Wildman–Crippen LogP) is 4.64. The van der Waals surface area contributed by atoms with Crippen molar-refractivity contribution in [1.29, 1.82) is 0 Å². The van der Waals surface area contributed by atoms with E-state index in [1.807, 2.05) is 12.1 Å². The summed E-state index contributed by atoms with van der Waals surface area (Å²) in [5, 5.41) is 4.66. The number of hydrogen-bond donors (Lipinski definition) is 1. The van der Waals surface area contributed by atoms with E-state index < -0.39 is 0 Å². The highest BCUT2D eigenvalue weighted by Crippen LogP contribution is 2.25. The van der Waals surface area contributed by atoms with Crippen molar-refractivity contribution in [3.63, 3.8) is 0 Å². The Kier molecular flexibility index (Phi) is 5.70. The van der Waals surface area contributed by atoms with Crippen molar-refractivity contribution < 1.29 is 0 Å². The van der Waals surface area contributed by atoms with Crippen LogP contribution in [0.3, 0.4) is 0 Å². The van der Waals surface area contributed by atoms with Crippen molar-refractivity contribution in [1.82, 2.24) is 10.2 Å². The van der Waals surface area contributed by atoms with Crippen LogP contribution in [0, 0.1) is 0 Å². The Labute approximate surface area is 134 Å². The van der Waals surface area contributed by atoms with E-state index in [0.29, 0.717) is 17.6 Å². The van der Waals surface area contributed by atoms with Crippen molar-refractivity contribution in [2.75, 3.05) is 13.1 Å². The smallest absolute Gasteiger partial charge is 0.0409 e. The number of piperidine rings is 1. The van der Waals surface area contributed by atoms with Gasteiger partial charge in [0.05, 0.1) is 0 Å². The first-order valence-electron chi connectivity index (χ1n) is 8.16. The molecule has 1 aliphatic heterocycles. The number of likely N-dealkylation sites (tertiary alicyclic amines) is 1. The fourth-order valence-electron chi connectivity index (χ4n) is 3.17. The first-order chi connectivity index (χ1) is 9.90. The highest BCUT2D eigenvalue weighted by atomic mass is 35.5. The van der Waals surface area contributed by atoms with Crippen molar-refractivity contribution in [2.24, 2.45) is 0 Å². The van der Waals surface area contributed by atoms with Gasteiger partial charge in [0.25, 0.3) is 0 Å². The monoisotopic (exact) mass is 308 g/mol. The van der Waals surface area contributed by atoms with Crippen LogP contribution in [0.25, 0.3) is 0 Å². The molecular formula is C18H29ClN2. The predicted molar refractivity (Wildman–Crippen MR) is 92.0 cm³/mol. The van der Waals surface area contributed by atoms with Crippen LogP contribution in [0.1, 0.15) is 58.6 Å². The Hall–Kier alpha value is -0.570. The van der Waals surface area contributed by atoms with Gasteiger partial charge in [0, 0.05) is 35.7 Å². The number of benzene rings is 1. The molecule has 0 radical (unpaired) electrons. The Morgan fingerprint density at radius 2 is 1.95 bits per heavy atom. The molecule has 2 nitrogen and oxygen atoms in total. The molecule has 0 bridgehead atoms. The fourth-order valence-corrected chi connectivity index (χ4v) is 3.37. The molecule has 2 rings (SSSR count). The van der Waals surface area contributed by atoms with Crippen LogP contribution in [0.2, 0.25) is 5.02 Å². The first-order valence-corrected chi connectivity index (χ1v) is 8.54. The van der Waals surface area contributed by atoms with Gasteiger partial charge in [0.15, 0.2) is 0 Å². The molecule has 1 N–H and O–H groups in total. The lowest BCUT2D eigenvalue weighted by molar-refractivity contribution is 0.0935. The highest BCUT2D eigenvalue weighted by Gasteiger charge is 2.27. The molecule has 1 heterocycles. The maximum Gasteiger partial charge on any atom is 0.0409 e. The van der Waals surface area contributed by atoms with E-state index in [-0.39, 0.29) is 0 Å². The lowest BCUT2D eigenvalue weighted by Gasteiger charge is -2.41. The molecular weight excluding hydrogens is 280 g/mol. The van der Waals surface area contributed by atoms with Crippen molar-refractivity contribution >= 4 is 11.6 Å². The summed E-state index contributed by atoms with van der Waals surface area (Å²) in [4.78, 5) is 2.59. The van der Waals surface area contributed by atoms with Gasteiger partial charge in [-0.05, 0) is 57.7 Å². The lowest BCUT2D eigenvalue weighted by Crippen LogP contribution is -2.50. The maximum atomic E-state index is 6.12. The third-order valence-corrected chi connectivity index (χ3v) is 4.77. The molecule has 3 heteroatoms. The molecule has 0 aromatic heterocycles. The molecule has 0 amide bonds. The molecule has 0 spiro atoms. The van der Waals surface area contributed by atoms with E-state index in [1.54, 1.807) is 0 Å². The molecule has 0 saturated carbocycles. The van der Waals surface area contributed by atoms with Gasteiger partial charge in [-0.25, -0.2) is 0 Å². The average Bonchev–Trinajstić information content (AvgIpc) is 2.44. The van der Waals surface area contributed by atoms with Crippen LogP contribution in [0.15, 0.2) is 24.3 Å². The summed E-state index contributed by atoms with van der Waals surface area (Å²) < 4.78 is 0. The van der Waals surface area contributed by atoms with Gasteiger partial charge in [-0.2, -0.15) is 0 Å². The Morgan fingerprint density at radius 1 is 1.29 bits per heavy atom. The summed E-state index contributed by atoms with van der Waals surface area (Å²) in [6, 6.07) is 9.29.